The van der Waals surface area contributed by atoms with Crippen molar-refractivity contribution in [2.24, 2.45) is 0 Å². The molecule has 0 saturated carbocycles. The maximum Gasteiger partial charge on any atom is 0.151 e. The first-order valence-corrected chi connectivity index (χ1v) is 5.19. The summed E-state index contributed by atoms with van der Waals surface area (Å²) in [5, 5.41) is 2.91. The summed E-state index contributed by atoms with van der Waals surface area (Å²) in [6, 6.07) is 11.5. The Kier molecular flexibility index (Phi) is 3.23. The number of nitrogens with one attached hydrogen (secondary N) is 1. The Balaban J connectivity index is 2.14. The lowest BCUT2D eigenvalue weighted by atomic mass is 10.2. The van der Waals surface area contributed by atoms with Crippen molar-refractivity contribution >= 4 is 11.4 Å². The van der Waals surface area contributed by atoms with Gasteiger partial charge in [-0.3, -0.25) is 0 Å². The number of nitrogen functional groups attached to an aromatic ring is 1. The van der Waals surface area contributed by atoms with Gasteiger partial charge in [-0.15, -0.1) is 0 Å². The van der Waals surface area contributed by atoms with Gasteiger partial charge in [0.2, 0.25) is 0 Å². The van der Waals surface area contributed by atoms with E-state index >= 15 is 0 Å². The monoisotopic (exact) mass is 234 g/mol. The van der Waals surface area contributed by atoms with E-state index in [4.69, 9.17) is 5.73 Å². The van der Waals surface area contributed by atoms with Gasteiger partial charge in [0.25, 0.3) is 0 Å². The predicted molar refractivity (Wildman–Crippen MR) is 64.5 cm³/mol. The molecule has 0 amide bonds. The molecule has 4 heteroatoms. The van der Waals surface area contributed by atoms with E-state index in [0.29, 0.717) is 6.54 Å². The van der Waals surface area contributed by atoms with Gasteiger partial charge in [0.1, 0.15) is 5.82 Å². The second kappa shape index (κ2) is 4.82. The molecule has 0 atom stereocenters. The van der Waals surface area contributed by atoms with E-state index in [9.17, 15) is 8.78 Å². The summed E-state index contributed by atoms with van der Waals surface area (Å²) >= 11 is 0. The second-order valence-electron chi connectivity index (χ2n) is 3.69. The van der Waals surface area contributed by atoms with Crippen molar-refractivity contribution in [2.45, 2.75) is 6.54 Å². The molecule has 0 fully saturated rings. The number of halogens is 2. The minimum Gasteiger partial charge on any atom is -0.395 e. The van der Waals surface area contributed by atoms with Crippen molar-refractivity contribution < 1.29 is 8.78 Å². The summed E-state index contributed by atoms with van der Waals surface area (Å²) in [5.41, 5.74) is 6.72. The van der Waals surface area contributed by atoms with E-state index in [2.05, 4.69) is 5.32 Å². The summed E-state index contributed by atoms with van der Waals surface area (Å²) < 4.78 is 26.2. The van der Waals surface area contributed by atoms with Gasteiger partial charge in [-0.2, -0.15) is 0 Å². The molecule has 0 radical (unpaired) electrons. The summed E-state index contributed by atoms with van der Waals surface area (Å²) in [6.07, 6.45) is 0. The second-order valence-corrected chi connectivity index (χ2v) is 3.69. The Bertz CT molecular complexity index is 512. The first kappa shape index (κ1) is 11.4. The third-order valence-corrected chi connectivity index (χ3v) is 2.42. The van der Waals surface area contributed by atoms with E-state index in [1.54, 1.807) is 0 Å². The fourth-order valence-corrected chi connectivity index (χ4v) is 1.52. The highest BCUT2D eigenvalue weighted by molar-refractivity contribution is 5.66. The van der Waals surface area contributed by atoms with Crippen molar-refractivity contribution in [3.8, 4) is 0 Å². The molecule has 2 rings (SSSR count). The Hall–Kier alpha value is -2.10. The predicted octanol–water partition coefficient (Wildman–Crippen LogP) is 3.16. The van der Waals surface area contributed by atoms with E-state index in [-0.39, 0.29) is 11.4 Å². The van der Waals surface area contributed by atoms with Crippen LogP contribution in [0.15, 0.2) is 42.5 Å². The molecule has 0 aromatic heterocycles. The van der Waals surface area contributed by atoms with Gasteiger partial charge >= 0.3 is 0 Å². The van der Waals surface area contributed by atoms with Gasteiger partial charge in [-0.1, -0.05) is 30.3 Å². The maximum absolute atomic E-state index is 13.2. The topological polar surface area (TPSA) is 38.0 Å². The van der Waals surface area contributed by atoms with Crippen LogP contribution in [0.2, 0.25) is 0 Å². The van der Waals surface area contributed by atoms with Crippen LogP contribution in [-0.2, 0) is 6.54 Å². The molecule has 0 aliphatic carbocycles. The van der Waals surface area contributed by atoms with Crippen molar-refractivity contribution in [2.75, 3.05) is 11.1 Å². The Morgan fingerprint density at radius 1 is 1.06 bits per heavy atom. The van der Waals surface area contributed by atoms with E-state index in [0.717, 1.165) is 11.6 Å². The quantitative estimate of drug-likeness (QED) is 0.800. The molecule has 0 aliphatic heterocycles. The highest BCUT2D eigenvalue weighted by Gasteiger charge is 2.07. The van der Waals surface area contributed by atoms with Crippen LogP contribution in [-0.4, -0.2) is 0 Å². The average molecular weight is 234 g/mol. The molecule has 0 saturated heterocycles. The van der Waals surface area contributed by atoms with Crippen LogP contribution in [0.4, 0.5) is 20.2 Å². The van der Waals surface area contributed by atoms with Gasteiger partial charge < -0.3 is 11.1 Å². The molecule has 3 N–H and O–H groups in total. The molecular weight excluding hydrogens is 222 g/mol. The molecule has 0 heterocycles. The Morgan fingerprint density at radius 3 is 2.47 bits per heavy atom. The zero-order valence-electron chi connectivity index (χ0n) is 9.08. The SMILES string of the molecule is Nc1c(F)cc(F)cc1NCc1ccccc1. The normalized spacial score (nSPS) is 10.2. The highest BCUT2D eigenvalue weighted by Crippen LogP contribution is 2.23. The molecular formula is C13H12F2N2. The van der Waals surface area contributed by atoms with Gasteiger partial charge in [-0.05, 0) is 11.6 Å². The Morgan fingerprint density at radius 2 is 1.76 bits per heavy atom. The standard InChI is InChI=1S/C13H12F2N2/c14-10-6-11(15)13(16)12(7-10)17-8-9-4-2-1-3-5-9/h1-7,17H,8,16H2. The molecule has 17 heavy (non-hydrogen) atoms. The fourth-order valence-electron chi connectivity index (χ4n) is 1.52. The number of rotatable bonds is 3. The van der Waals surface area contributed by atoms with Crippen molar-refractivity contribution in [3.63, 3.8) is 0 Å². The fraction of sp³-hybridized carbons (Fsp3) is 0.0769. The summed E-state index contributed by atoms with van der Waals surface area (Å²) in [7, 11) is 0. The summed E-state index contributed by atoms with van der Waals surface area (Å²) in [6.45, 7) is 0.466. The van der Waals surface area contributed by atoms with Crippen LogP contribution in [0, 0.1) is 11.6 Å². The van der Waals surface area contributed by atoms with E-state index in [1.807, 2.05) is 30.3 Å². The zero-order chi connectivity index (χ0) is 12.3. The largest absolute Gasteiger partial charge is 0.395 e. The smallest absolute Gasteiger partial charge is 0.151 e. The third kappa shape index (κ3) is 2.72. The lowest BCUT2D eigenvalue weighted by Crippen LogP contribution is -2.04. The van der Waals surface area contributed by atoms with Crippen molar-refractivity contribution in [3.05, 3.63) is 59.7 Å². The minimum absolute atomic E-state index is 0.0673. The number of nitrogens with two attached hydrogens (primary N) is 1. The Labute approximate surface area is 98.1 Å². The molecule has 2 aromatic rings. The van der Waals surface area contributed by atoms with Crippen molar-refractivity contribution in [1.82, 2.24) is 0 Å². The van der Waals surface area contributed by atoms with Crippen molar-refractivity contribution in [1.29, 1.82) is 0 Å². The van der Waals surface area contributed by atoms with Crippen LogP contribution >= 0.6 is 0 Å². The van der Waals surface area contributed by atoms with Gasteiger partial charge in [-0.25, -0.2) is 8.78 Å². The van der Waals surface area contributed by atoms with Crippen LogP contribution in [0.1, 0.15) is 5.56 Å². The number of hydrogen-bond donors (Lipinski definition) is 2. The molecule has 2 aromatic carbocycles. The maximum atomic E-state index is 13.2. The lowest BCUT2D eigenvalue weighted by Gasteiger charge is -2.10. The molecule has 0 aliphatic rings. The van der Waals surface area contributed by atoms with E-state index < -0.39 is 11.6 Å². The lowest BCUT2D eigenvalue weighted by molar-refractivity contribution is 0.587. The summed E-state index contributed by atoms with van der Waals surface area (Å²) in [5.74, 6) is -1.40. The zero-order valence-corrected chi connectivity index (χ0v) is 9.08. The first-order valence-electron chi connectivity index (χ1n) is 5.19. The summed E-state index contributed by atoms with van der Waals surface area (Å²) in [4.78, 5) is 0. The average Bonchev–Trinajstić information content (AvgIpc) is 2.33. The first-order chi connectivity index (χ1) is 8.16. The van der Waals surface area contributed by atoms with Crippen LogP contribution < -0.4 is 11.1 Å². The van der Waals surface area contributed by atoms with Gasteiger partial charge in [0, 0.05) is 12.6 Å². The van der Waals surface area contributed by atoms with Gasteiger partial charge in [0.05, 0.1) is 11.4 Å². The number of anilines is 2. The molecule has 0 bridgehead atoms. The minimum atomic E-state index is -0.749. The van der Waals surface area contributed by atoms with Crippen LogP contribution in [0.3, 0.4) is 0 Å². The van der Waals surface area contributed by atoms with Crippen LogP contribution in [0.5, 0.6) is 0 Å². The van der Waals surface area contributed by atoms with E-state index in [1.165, 1.54) is 6.07 Å². The number of benzene rings is 2. The van der Waals surface area contributed by atoms with Crippen LogP contribution in [0.25, 0.3) is 0 Å². The highest BCUT2D eigenvalue weighted by atomic mass is 19.1. The third-order valence-electron chi connectivity index (χ3n) is 2.42. The molecule has 0 spiro atoms. The molecule has 88 valence electrons. The molecule has 0 unspecified atom stereocenters. The number of hydrogen-bond acceptors (Lipinski definition) is 2. The molecule has 2 nitrogen and oxygen atoms in total. The van der Waals surface area contributed by atoms with Gasteiger partial charge in [0.15, 0.2) is 5.82 Å².